The Bertz CT molecular complexity index is 1510. The molecule has 8 heteroatoms. The molecule has 2 N–H and O–H groups in total. The fourth-order valence-corrected chi connectivity index (χ4v) is 5.37. The van der Waals surface area contributed by atoms with Gasteiger partial charge >= 0.3 is 5.97 Å². The number of piperidine rings is 1. The fraction of sp³-hybridized carbons (Fsp3) is 0.324. The Balaban J connectivity index is 1.52. The topological polar surface area (TPSA) is 87.6 Å². The molecule has 0 aliphatic carbocycles. The molecule has 0 saturated carbocycles. The summed E-state index contributed by atoms with van der Waals surface area (Å²) < 4.78 is 19.2. The highest BCUT2D eigenvalue weighted by atomic mass is 19.1. The normalized spacial score (nSPS) is 14.4. The quantitative estimate of drug-likeness (QED) is 0.209. The van der Waals surface area contributed by atoms with Crippen molar-refractivity contribution in [3.8, 4) is 16.9 Å². The number of ether oxygens (including phenoxy) is 1. The van der Waals surface area contributed by atoms with E-state index in [-0.39, 0.29) is 17.7 Å². The molecule has 1 aliphatic rings. The van der Waals surface area contributed by atoms with Gasteiger partial charge in [-0.25, -0.2) is 9.37 Å². The molecule has 1 fully saturated rings. The van der Waals surface area contributed by atoms with Crippen LogP contribution in [-0.4, -0.2) is 40.7 Å². The second-order valence-corrected chi connectivity index (χ2v) is 11.6. The summed E-state index contributed by atoms with van der Waals surface area (Å²) in [4.78, 5) is 23.5. The van der Waals surface area contributed by atoms with E-state index >= 15 is 0 Å². The zero-order valence-corrected chi connectivity index (χ0v) is 24.4. The van der Waals surface area contributed by atoms with Crippen LogP contribution in [0.1, 0.15) is 43.5 Å². The van der Waals surface area contributed by atoms with Crippen LogP contribution in [0.15, 0.2) is 73.1 Å². The second kappa shape index (κ2) is 12.6. The van der Waals surface area contributed by atoms with E-state index in [9.17, 15) is 14.3 Å². The number of carboxylic acids is 1. The first-order valence-electron chi connectivity index (χ1n) is 14.3. The summed E-state index contributed by atoms with van der Waals surface area (Å²) >= 11 is 0. The maximum absolute atomic E-state index is 13.2. The first kappa shape index (κ1) is 29.0. The van der Waals surface area contributed by atoms with E-state index in [0.29, 0.717) is 24.5 Å². The average Bonchev–Trinajstić information content (AvgIpc) is 2.96. The van der Waals surface area contributed by atoms with E-state index in [4.69, 9.17) is 9.72 Å². The Morgan fingerprint density at radius 1 is 1.07 bits per heavy atom. The lowest BCUT2D eigenvalue weighted by atomic mass is 9.82. The van der Waals surface area contributed by atoms with Crippen molar-refractivity contribution in [2.45, 2.75) is 46.5 Å². The molecule has 42 heavy (non-hydrogen) atoms. The third-order valence-corrected chi connectivity index (χ3v) is 7.88. The molecule has 0 spiro atoms. The Morgan fingerprint density at radius 3 is 2.43 bits per heavy atom. The SMILES string of the molecule is Cc1nc(Nc2cccnc2)c(-c2ccc(OCCc3ccc(F)cc3)cc2)c(N2CCC(C)(C)CC2)c1CC(=O)O. The highest BCUT2D eigenvalue weighted by Gasteiger charge is 2.31. The number of hydrogen-bond donors (Lipinski definition) is 2. The molecular weight excluding hydrogens is 531 g/mol. The first-order valence-corrected chi connectivity index (χ1v) is 14.3. The number of pyridine rings is 2. The van der Waals surface area contributed by atoms with Crippen LogP contribution in [0.3, 0.4) is 0 Å². The van der Waals surface area contributed by atoms with Crippen LogP contribution in [-0.2, 0) is 17.6 Å². The van der Waals surface area contributed by atoms with Crippen LogP contribution >= 0.6 is 0 Å². The van der Waals surface area contributed by atoms with Crippen molar-refractivity contribution in [3.63, 3.8) is 0 Å². The highest BCUT2D eigenvalue weighted by molar-refractivity contribution is 5.92. The van der Waals surface area contributed by atoms with Crippen molar-refractivity contribution in [3.05, 3.63) is 95.7 Å². The molecule has 4 aromatic rings. The number of halogens is 1. The molecule has 218 valence electrons. The van der Waals surface area contributed by atoms with Gasteiger partial charge in [0.05, 0.1) is 30.6 Å². The smallest absolute Gasteiger partial charge is 0.307 e. The van der Waals surface area contributed by atoms with Gasteiger partial charge in [-0.15, -0.1) is 0 Å². The second-order valence-electron chi connectivity index (χ2n) is 11.6. The fourth-order valence-electron chi connectivity index (χ4n) is 5.37. The number of rotatable bonds is 10. The van der Waals surface area contributed by atoms with E-state index in [0.717, 1.165) is 65.3 Å². The lowest BCUT2D eigenvalue weighted by Gasteiger charge is -2.40. The number of anilines is 3. The number of carbonyl (C=O) groups is 1. The minimum Gasteiger partial charge on any atom is -0.493 e. The van der Waals surface area contributed by atoms with Crippen LogP contribution in [0.5, 0.6) is 5.75 Å². The molecule has 5 rings (SSSR count). The summed E-state index contributed by atoms with van der Waals surface area (Å²) in [5, 5.41) is 13.3. The Morgan fingerprint density at radius 2 is 1.79 bits per heavy atom. The van der Waals surface area contributed by atoms with Crippen LogP contribution in [0.2, 0.25) is 0 Å². The molecule has 0 unspecified atom stereocenters. The average molecular weight is 569 g/mol. The standard InChI is InChI=1S/C34H37FN4O3/c1-23-29(21-30(40)41)32(39-18-15-34(2,3)16-19-39)31(33(37-23)38-27-5-4-17-36-22-27)25-8-12-28(13-9-25)42-20-14-24-6-10-26(35)11-7-24/h4-13,17,22H,14-16,18-21H2,1-3H3,(H,37,38)(H,40,41). The van der Waals surface area contributed by atoms with E-state index in [1.165, 1.54) is 12.1 Å². The van der Waals surface area contributed by atoms with Crippen molar-refractivity contribution in [1.82, 2.24) is 9.97 Å². The summed E-state index contributed by atoms with van der Waals surface area (Å²) in [5.41, 5.74) is 6.13. The zero-order chi connectivity index (χ0) is 29.7. The number of hydrogen-bond acceptors (Lipinski definition) is 6. The van der Waals surface area contributed by atoms with Crippen molar-refractivity contribution >= 4 is 23.2 Å². The number of aryl methyl sites for hydroxylation is 1. The lowest BCUT2D eigenvalue weighted by Crippen LogP contribution is -2.38. The summed E-state index contributed by atoms with van der Waals surface area (Å²) in [7, 11) is 0. The lowest BCUT2D eigenvalue weighted by molar-refractivity contribution is -0.136. The van der Waals surface area contributed by atoms with Gasteiger partial charge in [-0.3, -0.25) is 9.78 Å². The summed E-state index contributed by atoms with van der Waals surface area (Å²) in [6, 6.07) is 18.1. The molecule has 7 nitrogen and oxygen atoms in total. The molecule has 1 saturated heterocycles. The predicted octanol–water partition coefficient (Wildman–Crippen LogP) is 7.21. The van der Waals surface area contributed by atoms with Gasteiger partial charge in [0, 0.05) is 42.5 Å². The number of nitrogens with one attached hydrogen (secondary N) is 1. The molecule has 0 bridgehead atoms. The molecule has 2 aromatic carbocycles. The van der Waals surface area contributed by atoms with Crippen molar-refractivity contribution < 1.29 is 19.0 Å². The van der Waals surface area contributed by atoms with E-state index in [2.05, 4.69) is 29.0 Å². The number of carboxylic acid groups (broad SMARTS) is 1. The summed E-state index contributed by atoms with van der Waals surface area (Å²) in [5.74, 6) is 0.230. The minimum atomic E-state index is -0.887. The first-order chi connectivity index (χ1) is 20.2. The van der Waals surface area contributed by atoms with Gasteiger partial charge in [-0.2, -0.15) is 0 Å². The summed E-state index contributed by atoms with van der Waals surface area (Å²) in [6.07, 6.45) is 6.03. The van der Waals surface area contributed by atoms with Gasteiger partial charge in [0.15, 0.2) is 0 Å². The Labute approximate surface area is 246 Å². The summed E-state index contributed by atoms with van der Waals surface area (Å²) in [6.45, 7) is 8.56. The van der Waals surface area contributed by atoms with Gasteiger partial charge in [0.2, 0.25) is 0 Å². The zero-order valence-electron chi connectivity index (χ0n) is 24.4. The molecule has 0 atom stereocenters. The third-order valence-electron chi connectivity index (χ3n) is 7.88. The monoisotopic (exact) mass is 568 g/mol. The van der Waals surface area contributed by atoms with E-state index in [1.54, 1.807) is 24.5 Å². The van der Waals surface area contributed by atoms with Crippen LogP contribution in [0.25, 0.3) is 11.1 Å². The van der Waals surface area contributed by atoms with Crippen molar-refractivity contribution in [2.24, 2.45) is 5.41 Å². The minimum absolute atomic E-state index is 0.112. The van der Waals surface area contributed by atoms with Crippen molar-refractivity contribution in [1.29, 1.82) is 0 Å². The van der Waals surface area contributed by atoms with Crippen LogP contribution in [0.4, 0.5) is 21.6 Å². The molecular formula is C34H37FN4O3. The van der Waals surface area contributed by atoms with Gasteiger partial charge in [0.1, 0.15) is 17.4 Å². The molecule has 0 radical (unpaired) electrons. The molecule has 2 aromatic heterocycles. The highest BCUT2D eigenvalue weighted by Crippen LogP contribution is 2.44. The maximum Gasteiger partial charge on any atom is 0.307 e. The van der Waals surface area contributed by atoms with Crippen molar-refractivity contribution in [2.75, 3.05) is 29.9 Å². The van der Waals surface area contributed by atoms with Gasteiger partial charge in [0.25, 0.3) is 0 Å². The Hall–Kier alpha value is -4.46. The van der Waals surface area contributed by atoms with Gasteiger partial charge in [-0.1, -0.05) is 38.1 Å². The maximum atomic E-state index is 13.2. The molecule has 1 aliphatic heterocycles. The number of nitrogens with zero attached hydrogens (tertiary/aromatic N) is 3. The van der Waals surface area contributed by atoms with Crippen LogP contribution < -0.4 is 15.0 Å². The molecule has 0 amide bonds. The molecule has 3 heterocycles. The Kier molecular flexibility index (Phi) is 8.71. The third kappa shape index (κ3) is 7.05. The van der Waals surface area contributed by atoms with Gasteiger partial charge < -0.3 is 20.1 Å². The van der Waals surface area contributed by atoms with E-state index < -0.39 is 5.97 Å². The number of aliphatic carboxylic acids is 1. The largest absolute Gasteiger partial charge is 0.493 e. The number of benzene rings is 2. The number of aromatic nitrogens is 2. The predicted molar refractivity (Wildman–Crippen MR) is 164 cm³/mol. The van der Waals surface area contributed by atoms with Crippen LogP contribution in [0, 0.1) is 18.2 Å². The van der Waals surface area contributed by atoms with E-state index in [1.807, 2.05) is 43.3 Å². The van der Waals surface area contributed by atoms with Gasteiger partial charge in [-0.05, 0) is 72.7 Å².